The molecule has 84 heavy (non-hydrogen) atoms. The Morgan fingerprint density at radius 2 is 0.821 bits per heavy atom. The maximum absolute atomic E-state index is 13.3. The van der Waals surface area contributed by atoms with Crippen LogP contribution in [0.4, 0.5) is 0 Å². The van der Waals surface area contributed by atoms with Gasteiger partial charge < -0.3 is 65.1 Å². The standard InChI is InChI=1S/C70H119NO13/c1-3-5-7-9-11-13-15-16-17-18-19-20-21-22-23-24-25-26-27-28-29-30-31-32-33-34-35-36-37-38-39-40-41-42-44-46-48-50-52-54-62(75)71-58(59(74)53-51-49-47-45-43-14-12-10-8-6-4-2)57-81-69-67(80)65(78)68(61(56-73)83-69)84-70-66(79)64(77)63(76)60(55-72)82-70/h5,7,11,13,16-17,19-20,22-23,25-26,28-29,31-32,34-35,58-61,63-70,72-74,76-80H,3-4,6,8-10,12,14-15,18,21,24,27,30,33,36-57H2,1-2H3,(H,71,75)/b7-5-,13-11-,17-16-,20-19-,23-22-,26-25-,29-28-,32-31-,35-34-. The minimum absolute atomic E-state index is 0.215. The van der Waals surface area contributed by atoms with Crippen molar-refractivity contribution in [2.45, 2.75) is 306 Å². The first-order valence-electron chi connectivity index (χ1n) is 33.1. The number of hydrogen-bond acceptors (Lipinski definition) is 13. The van der Waals surface area contributed by atoms with Gasteiger partial charge in [0.1, 0.15) is 48.8 Å². The van der Waals surface area contributed by atoms with Crippen molar-refractivity contribution < 1.29 is 64.6 Å². The molecule has 2 aliphatic heterocycles. The fourth-order valence-electron chi connectivity index (χ4n) is 10.2. The van der Waals surface area contributed by atoms with Crippen LogP contribution >= 0.6 is 0 Å². The Hall–Kier alpha value is -3.35. The van der Waals surface area contributed by atoms with Gasteiger partial charge >= 0.3 is 0 Å². The lowest BCUT2D eigenvalue weighted by molar-refractivity contribution is -0.359. The SMILES string of the molecule is CC/C=C\C/C=C\C/C=C\C/C=C\C/C=C\C/C=C\C/C=C\C/C=C\C/C=C\CCCCCCCCCCCCCC(=O)NC(COC1OC(CO)C(OC2OC(CO)C(O)C(O)C2O)C(O)C1O)C(O)CCCCCCCCCCCCC. The molecule has 0 radical (unpaired) electrons. The van der Waals surface area contributed by atoms with Crippen LogP contribution in [0.1, 0.15) is 232 Å². The van der Waals surface area contributed by atoms with Gasteiger partial charge in [-0.05, 0) is 83.5 Å². The molecule has 2 saturated heterocycles. The molecule has 0 spiro atoms. The molecule has 2 fully saturated rings. The Bertz CT molecular complexity index is 1820. The van der Waals surface area contributed by atoms with Gasteiger partial charge in [0.05, 0.1) is 32.0 Å². The topological polar surface area (TPSA) is 228 Å². The number of aliphatic hydroxyl groups is 8. The van der Waals surface area contributed by atoms with E-state index in [1.54, 1.807) is 0 Å². The summed E-state index contributed by atoms with van der Waals surface area (Å²) in [5, 5.41) is 87.2. The van der Waals surface area contributed by atoms with Crippen molar-refractivity contribution in [3.05, 3.63) is 109 Å². The van der Waals surface area contributed by atoms with Gasteiger partial charge in [-0.3, -0.25) is 4.79 Å². The van der Waals surface area contributed by atoms with Crippen LogP contribution in [-0.4, -0.2) is 140 Å². The zero-order valence-electron chi connectivity index (χ0n) is 52.1. The lowest BCUT2D eigenvalue weighted by Crippen LogP contribution is -2.65. The Kier molecular flexibility index (Phi) is 49.2. The molecule has 0 aromatic carbocycles. The van der Waals surface area contributed by atoms with E-state index in [1.165, 1.54) is 89.9 Å². The Labute approximate surface area is 508 Å². The fourth-order valence-corrected chi connectivity index (χ4v) is 10.2. The average molecular weight is 1180 g/mol. The highest BCUT2D eigenvalue weighted by Crippen LogP contribution is 2.30. The first kappa shape index (κ1) is 76.7. The van der Waals surface area contributed by atoms with Crippen LogP contribution in [-0.2, 0) is 23.7 Å². The Morgan fingerprint density at radius 1 is 0.440 bits per heavy atom. The number of carbonyl (C=O) groups is 1. The van der Waals surface area contributed by atoms with Gasteiger partial charge in [0.25, 0.3) is 0 Å². The molecule has 1 amide bonds. The van der Waals surface area contributed by atoms with Crippen molar-refractivity contribution in [1.29, 1.82) is 0 Å². The van der Waals surface area contributed by atoms with E-state index in [4.69, 9.17) is 18.9 Å². The molecule has 0 aromatic rings. The van der Waals surface area contributed by atoms with Crippen LogP contribution in [0.3, 0.4) is 0 Å². The van der Waals surface area contributed by atoms with E-state index in [-0.39, 0.29) is 12.5 Å². The van der Waals surface area contributed by atoms with Crippen LogP contribution in [0.2, 0.25) is 0 Å². The molecule has 2 rings (SSSR count). The fraction of sp³-hybridized carbons (Fsp3) is 0.729. The lowest BCUT2D eigenvalue weighted by atomic mass is 9.97. The van der Waals surface area contributed by atoms with Crippen molar-refractivity contribution in [2.75, 3.05) is 19.8 Å². The second-order valence-electron chi connectivity index (χ2n) is 22.9. The van der Waals surface area contributed by atoms with E-state index in [0.717, 1.165) is 109 Å². The van der Waals surface area contributed by atoms with E-state index in [1.807, 2.05) is 0 Å². The van der Waals surface area contributed by atoms with E-state index in [0.29, 0.717) is 19.3 Å². The molecule has 14 heteroatoms. The minimum Gasteiger partial charge on any atom is -0.394 e. The van der Waals surface area contributed by atoms with E-state index >= 15 is 0 Å². The van der Waals surface area contributed by atoms with Crippen molar-refractivity contribution in [2.24, 2.45) is 0 Å². The Morgan fingerprint density at radius 3 is 1.26 bits per heavy atom. The summed E-state index contributed by atoms with van der Waals surface area (Å²) in [6, 6.07) is -0.835. The normalized spacial score (nSPS) is 24.4. The van der Waals surface area contributed by atoms with Crippen LogP contribution in [0.15, 0.2) is 109 Å². The molecule has 12 atom stereocenters. The quantitative estimate of drug-likeness (QED) is 0.0204. The van der Waals surface area contributed by atoms with Crippen LogP contribution < -0.4 is 5.32 Å². The van der Waals surface area contributed by atoms with E-state index in [9.17, 15) is 45.6 Å². The zero-order valence-corrected chi connectivity index (χ0v) is 52.1. The lowest BCUT2D eigenvalue weighted by Gasteiger charge is -2.46. The summed E-state index contributed by atoms with van der Waals surface area (Å²) in [6.07, 6.45) is 59.7. The number of nitrogens with one attached hydrogen (secondary N) is 1. The molecule has 9 N–H and O–H groups in total. The molecule has 482 valence electrons. The van der Waals surface area contributed by atoms with Gasteiger partial charge in [0, 0.05) is 6.42 Å². The number of amides is 1. The second kappa shape index (κ2) is 53.9. The first-order valence-corrected chi connectivity index (χ1v) is 33.1. The van der Waals surface area contributed by atoms with Crippen molar-refractivity contribution in [3.63, 3.8) is 0 Å². The van der Waals surface area contributed by atoms with Crippen LogP contribution in [0.5, 0.6) is 0 Å². The molecular formula is C70H119NO13. The van der Waals surface area contributed by atoms with Crippen LogP contribution in [0, 0.1) is 0 Å². The highest BCUT2D eigenvalue weighted by molar-refractivity contribution is 5.76. The van der Waals surface area contributed by atoms with Crippen molar-refractivity contribution >= 4 is 5.91 Å². The number of rotatable bonds is 52. The highest BCUT2D eigenvalue weighted by atomic mass is 16.7. The predicted molar refractivity (Wildman–Crippen MR) is 341 cm³/mol. The molecule has 2 aliphatic rings. The largest absolute Gasteiger partial charge is 0.394 e. The minimum atomic E-state index is -1.79. The maximum atomic E-state index is 13.3. The second-order valence-corrected chi connectivity index (χ2v) is 22.9. The molecule has 2 heterocycles. The summed E-state index contributed by atoms with van der Waals surface area (Å²) in [6.45, 7) is 2.72. The first-order chi connectivity index (χ1) is 41.1. The van der Waals surface area contributed by atoms with Gasteiger partial charge in [-0.25, -0.2) is 0 Å². The summed E-state index contributed by atoms with van der Waals surface area (Å²) in [7, 11) is 0. The van der Waals surface area contributed by atoms with E-state index < -0.39 is 86.8 Å². The molecule has 0 aromatic heterocycles. The average Bonchev–Trinajstić information content (AvgIpc) is 3.59. The van der Waals surface area contributed by atoms with Gasteiger partial charge in [0.15, 0.2) is 12.6 Å². The van der Waals surface area contributed by atoms with Gasteiger partial charge in [-0.1, -0.05) is 252 Å². The number of unbranched alkanes of at least 4 members (excludes halogenated alkanes) is 21. The third kappa shape index (κ3) is 38.0. The third-order valence-corrected chi connectivity index (χ3v) is 15.5. The summed E-state index contributed by atoms with van der Waals surface area (Å²) < 4.78 is 22.8. The molecule has 0 saturated carbocycles. The molecule has 0 aliphatic carbocycles. The molecule has 0 bridgehead atoms. The monoisotopic (exact) mass is 1180 g/mol. The van der Waals surface area contributed by atoms with E-state index in [2.05, 4.69) is 129 Å². The summed E-state index contributed by atoms with van der Waals surface area (Å²) in [5.41, 5.74) is 0. The number of ether oxygens (including phenoxy) is 4. The zero-order chi connectivity index (χ0) is 60.9. The smallest absolute Gasteiger partial charge is 0.220 e. The van der Waals surface area contributed by atoms with Crippen molar-refractivity contribution in [3.8, 4) is 0 Å². The van der Waals surface area contributed by atoms with Gasteiger partial charge in [-0.15, -0.1) is 0 Å². The number of carbonyl (C=O) groups excluding carboxylic acids is 1. The maximum Gasteiger partial charge on any atom is 0.220 e. The van der Waals surface area contributed by atoms with Crippen LogP contribution in [0.25, 0.3) is 0 Å². The van der Waals surface area contributed by atoms with Gasteiger partial charge in [0.2, 0.25) is 5.91 Å². The molecular weight excluding hydrogens is 1060 g/mol. The number of aliphatic hydroxyl groups excluding tert-OH is 8. The molecule has 12 unspecified atom stereocenters. The summed E-state index contributed by atoms with van der Waals surface area (Å²) in [5.74, 6) is -0.215. The summed E-state index contributed by atoms with van der Waals surface area (Å²) >= 11 is 0. The Balaban J connectivity index is 1.59. The predicted octanol–water partition coefficient (Wildman–Crippen LogP) is 12.8. The number of hydrogen-bond donors (Lipinski definition) is 9. The van der Waals surface area contributed by atoms with Crippen molar-refractivity contribution in [1.82, 2.24) is 5.32 Å². The highest BCUT2D eigenvalue weighted by Gasteiger charge is 2.51. The molecule has 14 nitrogen and oxygen atoms in total. The van der Waals surface area contributed by atoms with Gasteiger partial charge in [-0.2, -0.15) is 0 Å². The third-order valence-electron chi connectivity index (χ3n) is 15.5. The summed E-state index contributed by atoms with van der Waals surface area (Å²) in [4.78, 5) is 13.3. The number of allylic oxidation sites excluding steroid dienone is 18.